The maximum atomic E-state index is 13.3. The van der Waals surface area contributed by atoms with Gasteiger partial charge >= 0.3 is 12.2 Å². The first kappa shape index (κ1) is 63.8. The first-order valence-corrected chi connectivity index (χ1v) is 30.8. The molecule has 4 bridgehead atoms. The summed E-state index contributed by atoms with van der Waals surface area (Å²) in [6.45, 7) is 12.9. The number of pyridine rings is 2. The number of carbonyl (C=O) groups excluding carboxylic acids is 6. The summed E-state index contributed by atoms with van der Waals surface area (Å²) in [6, 6.07) is 9.96. The Hall–Kier alpha value is -8.23. The summed E-state index contributed by atoms with van der Waals surface area (Å²) in [5, 5.41) is 5.07. The smallest absolute Gasteiger partial charge is 0.411 e. The van der Waals surface area contributed by atoms with E-state index >= 15 is 0 Å². The minimum atomic E-state index is -0.644. The molecule has 26 nitrogen and oxygen atoms in total. The fraction of sp³-hybridized carbons (Fsp3) is 0.548. The largest absolute Gasteiger partial charge is 0.444 e. The minimum absolute atomic E-state index is 0.00831. The number of fused-ring (bicyclic) bond motifs is 6. The van der Waals surface area contributed by atoms with Gasteiger partial charge in [-0.25, -0.2) is 29.5 Å². The van der Waals surface area contributed by atoms with Crippen LogP contribution in [0.4, 0.5) is 38.5 Å². The molecule has 4 unspecified atom stereocenters. The Kier molecular flexibility index (Phi) is 19.0. The van der Waals surface area contributed by atoms with E-state index in [4.69, 9.17) is 41.3 Å². The number of hydrogen-bond donors (Lipinski definition) is 2. The van der Waals surface area contributed by atoms with Gasteiger partial charge in [-0.3, -0.25) is 29.0 Å². The van der Waals surface area contributed by atoms with Crippen LogP contribution in [0.25, 0.3) is 22.1 Å². The number of carbonyl (C=O) groups is 6. The van der Waals surface area contributed by atoms with Gasteiger partial charge in [-0.1, -0.05) is 25.7 Å². The second-order valence-corrected chi connectivity index (χ2v) is 26.2. The zero-order chi connectivity index (χ0) is 63.6. The molecule has 4 atom stereocenters. The molecule has 6 aromatic heterocycles. The second kappa shape index (κ2) is 26.5. The normalized spacial score (nSPS) is 20.7. The number of ether oxygens (including phenoxy) is 4. The molecule has 4 aliphatic heterocycles. The van der Waals surface area contributed by atoms with Crippen molar-refractivity contribution in [1.29, 1.82) is 0 Å². The number of nitrogens with two attached hydrogens (primary N) is 1. The van der Waals surface area contributed by atoms with Gasteiger partial charge in [0.15, 0.2) is 0 Å². The number of nitrogens with zero attached hydrogens (tertiary/aromatic N) is 14. The molecule has 27 heteroatoms. The van der Waals surface area contributed by atoms with Crippen molar-refractivity contribution in [2.45, 2.75) is 153 Å². The number of aromatic nitrogens is 8. The van der Waals surface area contributed by atoms with Gasteiger partial charge < -0.3 is 58.7 Å². The van der Waals surface area contributed by atoms with Crippen LogP contribution in [0.3, 0.4) is 0 Å². The van der Waals surface area contributed by atoms with Crippen molar-refractivity contribution in [2.24, 2.45) is 0 Å². The number of morpholine rings is 2. The van der Waals surface area contributed by atoms with E-state index in [0.717, 1.165) is 54.9 Å². The molecule has 6 amide bonds. The van der Waals surface area contributed by atoms with Crippen molar-refractivity contribution < 1.29 is 47.7 Å². The fourth-order valence-electron chi connectivity index (χ4n) is 12.4. The van der Waals surface area contributed by atoms with Crippen LogP contribution in [0.2, 0.25) is 5.28 Å². The molecule has 6 aliphatic rings. The second-order valence-electron chi connectivity index (χ2n) is 25.8. The third kappa shape index (κ3) is 14.6. The molecule has 476 valence electrons. The van der Waals surface area contributed by atoms with Gasteiger partial charge in [0, 0.05) is 89.4 Å². The van der Waals surface area contributed by atoms with E-state index in [1.807, 2.05) is 59.7 Å². The van der Waals surface area contributed by atoms with Crippen LogP contribution in [0.5, 0.6) is 0 Å². The Labute approximate surface area is 522 Å². The lowest BCUT2D eigenvalue weighted by molar-refractivity contribution is -0.120. The van der Waals surface area contributed by atoms with Gasteiger partial charge in [-0.15, -0.1) is 0 Å². The first-order chi connectivity index (χ1) is 42.3. The highest BCUT2D eigenvalue weighted by atomic mass is 35.5. The van der Waals surface area contributed by atoms with Gasteiger partial charge in [0.2, 0.25) is 23.0 Å². The molecule has 6 aromatic rings. The Morgan fingerprint density at radius 1 is 0.584 bits per heavy atom. The summed E-state index contributed by atoms with van der Waals surface area (Å²) < 4.78 is 26.7. The lowest BCUT2D eigenvalue weighted by atomic mass is 10.1. The van der Waals surface area contributed by atoms with Gasteiger partial charge in [0.05, 0.1) is 74.4 Å². The predicted octanol–water partition coefficient (Wildman–Crippen LogP) is 8.43. The van der Waals surface area contributed by atoms with Crippen molar-refractivity contribution in [3.63, 3.8) is 0 Å². The Balaban J connectivity index is 0.000000163. The van der Waals surface area contributed by atoms with Gasteiger partial charge in [-0.2, -0.15) is 9.97 Å². The lowest BCUT2D eigenvalue weighted by Crippen LogP contribution is -2.57. The number of nitrogens with one attached hydrogen (secondary N) is 1. The fourth-order valence-corrected chi connectivity index (χ4v) is 12.5. The van der Waals surface area contributed by atoms with E-state index in [0.29, 0.717) is 78.4 Å². The van der Waals surface area contributed by atoms with Gasteiger partial charge in [0.1, 0.15) is 45.5 Å². The predicted molar refractivity (Wildman–Crippen MR) is 334 cm³/mol. The molecule has 2 aliphatic carbocycles. The quantitative estimate of drug-likeness (QED) is 0.135. The highest BCUT2D eigenvalue weighted by Crippen LogP contribution is 2.37. The number of anilines is 5. The Bertz CT molecular complexity index is 3570. The molecule has 4 saturated heterocycles. The van der Waals surface area contributed by atoms with Crippen LogP contribution in [0.1, 0.15) is 139 Å². The topological polar surface area (TPSA) is 284 Å². The molecule has 0 aromatic carbocycles. The molecule has 12 rings (SSSR count). The van der Waals surface area contributed by atoms with Crippen molar-refractivity contribution in [3.8, 4) is 0 Å². The highest BCUT2D eigenvalue weighted by molar-refractivity contribution is 6.28. The van der Waals surface area contributed by atoms with E-state index in [2.05, 4.69) is 39.4 Å². The van der Waals surface area contributed by atoms with Crippen molar-refractivity contribution >= 4 is 98.4 Å². The molecule has 6 fully saturated rings. The van der Waals surface area contributed by atoms with E-state index < -0.39 is 29.4 Å². The van der Waals surface area contributed by atoms with Gasteiger partial charge in [0.25, 0.3) is 11.8 Å². The molecule has 0 radical (unpaired) electrons. The summed E-state index contributed by atoms with van der Waals surface area (Å²) in [6.07, 6.45) is 14.9. The highest BCUT2D eigenvalue weighted by Gasteiger charge is 2.45. The third-order valence-corrected chi connectivity index (χ3v) is 16.5. The van der Waals surface area contributed by atoms with Crippen molar-refractivity contribution in [1.82, 2.24) is 58.6 Å². The average molecular weight is 1250 g/mol. The van der Waals surface area contributed by atoms with Crippen LogP contribution in [-0.4, -0.2) is 198 Å². The zero-order valence-corrected chi connectivity index (χ0v) is 53.1. The molecular formula is C62H81ClN16O10. The summed E-state index contributed by atoms with van der Waals surface area (Å²) in [7, 11) is 7.03. The molecule has 3 N–H and O–H groups in total. The van der Waals surface area contributed by atoms with E-state index in [1.54, 1.807) is 101 Å². The van der Waals surface area contributed by atoms with Gasteiger partial charge in [-0.05, 0) is 115 Å². The molecule has 10 heterocycles. The third-order valence-electron chi connectivity index (χ3n) is 16.4. The number of rotatable bonds is 8. The summed E-state index contributed by atoms with van der Waals surface area (Å²) >= 11 is 5.92. The molecule has 2 saturated carbocycles. The number of halogens is 1. The molecule has 89 heavy (non-hydrogen) atoms. The maximum absolute atomic E-state index is 13.3. The maximum Gasteiger partial charge on any atom is 0.411 e. The van der Waals surface area contributed by atoms with Crippen LogP contribution >= 0.6 is 11.6 Å². The van der Waals surface area contributed by atoms with Crippen molar-refractivity contribution in [2.75, 3.05) is 88.6 Å². The zero-order valence-electron chi connectivity index (χ0n) is 52.4. The van der Waals surface area contributed by atoms with E-state index in [9.17, 15) is 28.8 Å². The Morgan fingerprint density at radius 3 is 1.45 bits per heavy atom. The van der Waals surface area contributed by atoms with Crippen molar-refractivity contribution in [3.05, 3.63) is 77.9 Å². The standard InChI is InChI=1S/C31H40N8O5.C17H24N4O4.C14H17ClN4O/c1-31(2,3)44-30(42)38-22-13-26(40)37(16-23(38)18-43-17-22)21-10-11-25(32-15-21)34-29-33-14-19-12-24(28(41)36(4)5)39(27(19)35-29)20-8-6-7-9-20;1-17(2,3)25-16(23)21-12-6-15(22)20(8-13(21)10-24-9-12)11-4-5-14(18)19-7-11;1-18(2)13(20)11-7-9-8-16-14(15)17-12(9)19(11)10-5-3-4-6-10/h10-12,14-15,20,22-23H,6-9,13,16-18H2,1-5H3,(H,32,33,34,35);4-5,7,12-13H,6,8-10H2,1-3H3,(H2,18,19);7-8,10H,3-6H2,1-2H3. The van der Waals surface area contributed by atoms with Crippen LogP contribution < -0.4 is 20.9 Å². The number of nitrogen functional groups attached to an aromatic ring is 1. The SMILES string of the molecule is CC(C)(C)OC(=O)N1C2COCC1CN(c1ccc(N)nc1)C(=O)C2.CN(C)C(=O)c1cc2cnc(Cl)nc2n1C1CCCC1.CN(C)C(=O)c1cc2cnc(Nc3ccc(N4CC5COCC(CC4=O)N5C(=O)OC(C)(C)C)cn3)nc2n1C1CCCC1. The first-order valence-electron chi connectivity index (χ1n) is 30.4. The van der Waals surface area contributed by atoms with E-state index in [-0.39, 0.29) is 79.1 Å². The average Bonchev–Trinajstić information content (AvgIpc) is 1.87. The monoisotopic (exact) mass is 1240 g/mol. The molecular weight excluding hydrogens is 1160 g/mol. The number of hydrogen-bond acceptors (Lipinski definition) is 18. The Morgan fingerprint density at radius 2 is 1.02 bits per heavy atom. The van der Waals surface area contributed by atoms with Crippen LogP contribution in [0, 0.1) is 0 Å². The minimum Gasteiger partial charge on any atom is -0.444 e. The summed E-state index contributed by atoms with van der Waals surface area (Å²) in [4.78, 5) is 113. The summed E-state index contributed by atoms with van der Waals surface area (Å²) in [5.74, 6) is 1.02. The summed E-state index contributed by atoms with van der Waals surface area (Å²) in [5.41, 5.74) is 8.45. The van der Waals surface area contributed by atoms with Crippen LogP contribution in [0.15, 0.2) is 61.2 Å². The van der Waals surface area contributed by atoms with E-state index in [1.165, 1.54) is 12.8 Å². The van der Waals surface area contributed by atoms with Crippen LogP contribution in [-0.2, 0) is 28.5 Å². The number of amides is 6. The lowest BCUT2D eigenvalue weighted by Gasteiger charge is -2.40. The molecule has 0 spiro atoms.